The van der Waals surface area contributed by atoms with Gasteiger partial charge in [-0.25, -0.2) is 0 Å². The van der Waals surface area contributed by atoms with Gasteiger partial charge in [-0.1, -0.05) is 18.2 Å². The maximum Gasteiger partial charge on any atom is 0.0298 e. The van der Waals surface area contributed by atoms with Crippen molar-refractivity contribution < 1.29 is 4.21 Å². The van der Waals surface area contributed by atoms with Gasteiger partial charge in [-0.15, -0.1) is 0 Å². The van der Waals surface area contributed by atoms with Crippen molar-refractivity contribution in [3.63, 3.8) is 0 Å². The molecule has 11 heavy (non-hydrogen) atoms. The highest BCUT2D eigenvalue weighted by molar-refractivity contribution is 8.37. The van der Waals surface area contributed by atoms with Crippen LogP contribution in [-0.2, 0) is 8.28 Å². The molecular weight excluding hydrogens is 180 g/mol. The summed E-state index contributed by atoms with van der Waals surface area (Å²) in [6.07, 6.45) is 3.13. The van der Waals surface area contributed by atoms with Crippen LogP contribution in [0.4, 0.5) is 0 Å². The molecule has 1 aromatic carbocycles. The monoisotopic (exact) mass is 190 g/mol. The zero-order valence-electron chi connectivity index (χ0n) is 6.58. The molecule has 3 heteroatoms. The van der Waals surface area contributed by atoms with Crippen molar-refractivity contribution in [3.05, 3.63) is 30.3 Å². The molecule has 0 aromatic heterocycles. The van der Waals surface area contributed by atoms with Crippen molar-refractivity contribution in [3.8, 4) is 0 Å². The van der Waals surface area contributed by atoms with Crippen LogP contribution in [0.2, 0.25) is 0 Å². The number of hydrogen-bond donors (Lipinski definition) is 0. The average Bonchev–Trinajstić information content (AvgIpc) is 1.86. The molecule has 0 fully saturated rings. The van der Waals surface area contributed by atoms with Crippen LogP contribution in [-0.4, -0.2) is 16.7 Å². The summed E-state index contributed by atoms with van der Waals surface area (Å²) in [6, 6.07) is 9.10. The largest absolute Gasteiger partial charge is 0.264 e. The molecule has 0 atom stereocenters. The Bertz CT molecular complexity index is 301. The van der Waals surface area contributed by atoms with Gasteiger partial charge in [-0.2, -0.15) is 0 Å². The van der Waals surface area contributed by atoms with Crippen LogP contribution in [0.3, 0.4) is 0 Å². The van der Waals surface area contributed by atoms with Crippen molar-refractivity contribution in [2.45, 2.75) is 4.90 Å². The van der Waals surface area contributed by atoms with Gasteiger partial charge in [0.2, 0.25) is 0 Å². The first kappa shape index (κ1) is 8.75. The zero-order valence-corrected chi connectivity index (χ0v) is 8.15. The molecule has 0 amide bonds. The molecule has 0 saturated carbocycles. The van der Waals surface area contributed by atoms with E-state index in [1.807, 2.05) is 18.2 Å². The predicted molar refractivity (Wildman–Crippen MR) is 50.6 cm³/mol. The van der Waals surface area contributed by atoms with Crippen LogP contribution < -0.4 is 0 Å². The molecule has 0 radical (unpaired) electrons. The van der Waals surface area contributed by atoms with Gasteiger partial charge < -0.3 is 0 Å². The quantitative estimate of drug-likeness (QED) is 0.621. The van der Waals surface area contributed by atoms with Crippen molar-refractivity contribution >= 4 is 19.0 Å². The highest BCUT2D eigenvalue weighted by Gasteiger charge is 2.22. The average molecular weight is 191 g/mol. The van der Waals surface area contributed by atoms with E-state index in [1.54, 1.807) is 24.6 Å². The Kier molecular flexibility index (Phi) is 1.85. The van der Waals surface area contributed by atoms with Gasteiger partial charge in [0.05, 0.1) is 0 Å². The fourth-order valence-electron chi connectivity index (χ4n) is 0.800. The Morgan fingerprint density at radius 1 is 1.18 bits per heavy atom. The van der Waals surface area contributed by atoms with Gasteiger partial charge >= 0.3 is 0 Å². The maximum atomic E-state index is 11.8. The molecule has 0 saturated heterocycles. The van der Waals surface area contributed by atoms with Crippen LogP contribution in [0.15, 0.2) is 35.2 Å². The standard InChI is InChI=1S/C8H11ClOS/c1-11(2,9,10)8-6-4-3-5-7-8/h3-7H,1-2H3. The Hall–Kier alpha value is -0.340. The minimum Gasteiger partial charge on any atom is -0.264 e. The summed E-state index contributed by atoms with van der Waals surface area (Å²) in [7, 11) is 2.83. The van der Waals surface area contributed by atoms with Gasteiger partial charge in [0, 0.05) is 17.4 Å². The molecule has 0 N–H and O–H groups in total. The summed E-state index contributed by atoms with van der Waals surface area (Å²) in [6.45, 7) is 0. The Morgan fingerprint density at radius 3 is 1.91 bits per heavy atom. The van der Waals surface area contributed by atoms with Gasteiger partial charge in [0.25, 0.3) is 0 Å². The third-order valence-corrected chi connectivity index (χ3v) is 3.52. The molecule has 0 aliphatic heterocycles. The number of rotatable bonds is 1. The fourth-order valence-corrected chi connectivity index (χ4v) is 2.02. The SMILES string of the molecule is CS(C)(=O)(Cl)c1ccccc1. The van der Waals surface area contributed by atoms with Crippen LogP contribution in [0, 0.1) is 0 Å². The first-order valence-corrected chi connectivity index (χ1v) is 6.86. The van der Waals surface area contributed by atoms with E-state index in [2.05, 4.69) is 0 Å². The topological polar surface area (TPSA) is 17.1 Å². The Labute approximate surface area is 71.3 Å². The van der Waals surface area contributed by atoms with Gasteiger partial charge in [0.15, 0.2) is 0 Å². The lowest BCUT2D eigenvalue weighted by molar-refractivity contribution is 0.675. The lowest BCUT2D eigenvalue weighted by Gasteiger charge is -2.25. The van der Waals surface area contributed by atoms with E-state index in [9.17, 15) is 4.21 Å². The van der Waals surface area contributed by atoms with Gasteiger partial charge in [-0.3, -0.25) is 4.21 Å². The number of hydrogen-bond acceptors (Lipinski definition) is 1. The molecule has 0 spiro atoms. The maximum absolute atomic E-state index is 11.8. The lowest BCUT2D eigenvalue weighted by atomic mass is 10.4. The van der Waals surface area contributed by atoms with E-state index in [0.717, 1.165) is 0 Å². The van der Waals surface area contributed by atoms with E-state index < -0.39 is 8.28 Å². The van der Waals surface area contributed by atoms with Crippen LogP contribution in [0.25, 0.3) is 0 Å². The van der Waals surface area contributed by atoms with E-state index >= 15 is 0 Å². The Balaban J connectivity index is 3.26. The van der Waals surface area contributed by atoms with Gasteiger partial charge in [-0.05, 0) is 31.1 Å². The summed E-state index contributed by atoms with van der Waals surface area (Å²) in [5.74, 6) is 0. The van der Waals surface area contributed by atoms with Crippen molar-refractivity contribution in [1.82, 2.24) is 0 Å². The second-order valence-corrected chi connectivity index (χ2v) is 9.52. The number of halogens is 1. The van der Waals surface area contributed by atoms with Crippen LogP contribution in [0.5, 0.6) is 0 Å². The minimum atomic E-state index is -3.03. The molecular formula is C8H11ClOS. The molecule has 0 unspecified atom stereocenters. The van der Waals surface area contributed by atoms with E-state index in [-0.39, 0.29) is 0 Å². The second kappa shape index (κ2) is 2.32. The van der Waals surface area contributed by atoms with Crippen molar-refractivity contribution in [2.75, 3.05) is 12.5 Å². The highest BCUT2D eigenvalue weighted by Crippen LogP contribution is 2.33. The second-order valence-electron chi connectivity index (χ2n) is 2.99. The summed E-state index contributed by atoms with van der Waals surface area (Å²) in [5.41, 5.74) is 0. The van der Waals surface area contributed by atoms with E-state index in [4.69, 9.17) is 10.7 Å². The summed E-state index contributed by atoms with van der Waals surface area (Å²) in [4.78, 5) is 0.700. The Morgan fingerprint density at radius 2 is 1.64 bits per heavy atom. The first-order chi connectivity index (χ1) is 4.86. The first-order valence-electron chi connectivity index (χ1n) is 3.25. The molecule has 1 rings (SSSR count). The molecule has 0 aliphatic rings. The predicted octanol–water partition coefficient (Wildman–Crippen LogP) is 2.28. The minimum absolute atomic E-state index is 0.700. The molecule has 62 valence electrons. The summed E-state index contributed by atoms with van der Waals surface area (Å²) < 4.78 is 11.8. The smallest absolute Gasteiger partial charge is 0.0298 e. The molecule has 0 bridgehead atoms. The summed E-state index contributed by atoms with van der Waals surface area (Å²) in [5, 5.41) is 0. The number of benzene rings is 1. The van der Waals surface area contributed by atoms with Crippen molar-refractivity contribution in [2.24, 2.45) is 0 Å². The van der Waals surface area contributed by atoms with E-state index in [1.165, 1.54) is 0 Å². The summed E-state index contributed by atoms with van der Waals surface area (Å²) >= 11 is 0. The van der Waals surface area contributed by atoms with Crippen molar-refractivity contribution in [1.29, 1.82) is 0 Å². The molecule has 1 aromatic rings. The van der Waals surface area contributed by atoms with Crippen LogP contribution >= 0.6 is 10.7 Å². The third-order valence-electron chi connectivity index (χ3n) is 1.40. The molecule has 0 heterocycles. The normalized spacial score (nSPS) is 15.4. The van der Waals surface area contributed by atoms with Gasteiger partial charge in [0.1, 0.15) is 0 Å². The zero-order chi connectivity index (χ0) is 8.56. The molecule has 0 aliphatic carbocycles. The fraction of sp³-hybridized carbons (Fsp3) is 0.250. The van der Waals surface area contributed by atoms with E-state index in [0.29, 0.717) is 4.90 Å². The highest BCUT2D eigenvalue weighted by atomic mass is 35.7. The molecule has 1 nitrogen and oxygen atoms in total. The third kappa shape index (κ3) is 2.31. The van der Waals surface area contributed by atoms with Crippen LogP contribution in [0.1, 0.15) is 0 Å². The lowest BCUT2D eigenvalue weighted by Crippen LogP contribution is -2.20.